The van der Waals surface area contributed by atoms with Crippen molar-refractivity contribution in [3.05, 3.63) is 0 Å². The second-order valence-corrected chi connectivity index (χ2v) is 6.35. The molecule has 0 aromatic rings. The van der Waals surface area contributed by atoms with Crippen molar-refractivity contribution in [1.29, 1.82) is 0 Å². The molecule has 1 rings (SSSR count). The fourth-order valence-electron chi connectivity index (χ4n) is 3.24. The molecule has 120 valence electrons. The summed E-state index contributed by atoms with van der Waals surface area (Å²) < 4.78 is 5.51. The highest BCUT2D eigenvalue weighted by Crippen LogP contribution is 2.19. The first-order valence-corrected chi connectivity index (χ1v) is 9.20. The van der Waals surface area contributed by atoms with Gasteiger partial charge in [-0.15, -0.1) is 0 Å². The number of morpholine rings is 1. The molecule has 1 atom stereocenters. The average Bonchev–Trinajstić information content (AvgIpc) is 2.50. The number of ether oxygens (including phenoxy) is 1. The van der Waals surface area contributed by atoms with E-state index in [4.69, 9.17) is 4.74 Å². The molecule has 2 nitrogen and oxygen atoms in total. The van der Waals surface area contributed by atoms with Gasteiger partial charge in [-0.1, -0.05) is 71.6 Å². The van der Waals surface area contributed by atoms with E-state index in [-0.39, 0.29) is 0 Å². The number of hydrogen-bond donors (Lipinski definition) is 0. The van der Waals surface area contributed by atoms with E-state index in [9.17, 15) is 0 Å². The molecule has 0 radical (unpaired) electrons. The molecule has 0 N–H and O–H groups in total. The van der Waals surface area contributed by atoms with Gasteiger partial charge in [-0.05, 0) is 12.8 Å². The molecule has 0 aromatic carbocycles. The van der Waals surface area contributed by atoms with Crippen molar-refractivity contribution >= 4 is 0 Å². The van der Waals surface area contributed by atoms with E-state index in [1.165, 1.54) is 70.6 Å². The third-order valence-electron chi connectivity index (χ3n) is 4.59. The van der Waals surface area contributed by atoms with Gasteiger partial charge in [0.1, 0.15) is 0 Å². The zero-order chi connectivity index (χ0) is 14.5. The molecule has 2 heteroatoms. The molecule has 1 aliphatic heterocycles. The first-order chi connectivity index (χ1) is 9.88. The van der Waals surface area contributed by atoms with Gasteiger partial charge in [0.25, 0.3) is 0 Å². The van der Waals surface area contributed by atoms with Crippen molar-refractivity contribution in [2.24, 2.45) is 0 Å². The number of hydrogen-bond acceptors (Lipinski definition) is 2. The standard InChI is InChI=1S/C18H37NO/c1-3-5-7-9-11-13-18(12-10-8-6-4-2)19-14-16-20-17-15-19/h18H,3-17H2,1-2H3. The second-order valence-electron chi connectivity index (χ2n) is 6.35. The Morgan fingerprint density at radius 3 is 1.80 bits per heavy atom. The summed E-state index contributed by atoms with van der Waals surface area (Å²) in [7, 11) is 0. The Kier molecular flexibility index (Phi) is 11.4. The molecule has 1 aliphatic rings. The van der Waals surface area contributed by atoms with E-state index in [0.717, 1.165) is 32.3 Å². The summed E-state index contributed by atoms with van der Waals surface area (Å²) >= 11 is 0. The Labute approximate surface area is 127 Å². The van der Waals surface area contributed by atoms with Gasteiger partial charge < -0.3 is 4.74 Å². The predicted molar refractivity (Wildman–Crippen MR) is 88.3 cm³/mol. The summed E-state index contributed by atoms with van der Waals surface area (Å²) in [4.78, 5) is 2.70. The normalized spacial score (nSPS) is 18.3. The first-order valence-electron chi connectivity index (χ1n) is 9.20. The third-order valence-corrected chi connectivity index (χ3v) is 4.59. The van der Waals surface area contributed by atoms with Gasteiger partial charge in [0.05, 0.1) is 13.2 Å². The van der Waals surface area contributed by atoms with E-state index < -0.39 is 0 Å². The van der Waals surface area contributed by atoms with Gasteiger partial charge in [-0.2, -0.15) is 0 Å². The molecule has 0 aromatic heterocycles. The minimum atomic E-state index is 0.831. The average molecular weight is 284 g/mol. The Hall–Kier alpha value is -0.0800. The van der Waals surface area contributed by atoms with E-state index in [2.05, 4.69) is 18.7 Å². The van der Waals surface area contributed by atoms with Crippen LogP contribution in [0, 0.1) is 0 Å². The Morgan fingerprint density at radius 1 is 0.750 bits per heavy atom. The van der Waals surface area contributed by atoms with E-state index in [1.54, 1.807) is 0 Å². The Morgan fingerprint density at radius 2 is 1.25 bits per heavy atom. The van der Waals surface area contributed by atoms with Crippen LogP contribution in [0.2, 0.25) is 0 Å². The van der Waals surface area contributed by atoms with Crippen LogP contribution in [0.1, 0.15) is 84.5 Å². The summed E-state index contributed by atoms with van der Waals surface area (Å²) in [6, 6.07) is 0.831. The fraction of sp³-hybridized carbons (Fsp3) is 1.00. The van der Waals surface area contributed by atoms with Gasteiger partial charge in [0.2, 0.25) is 0 Å². The lowest BCUT2D eigenvalue weighted by Gasteiger charge is -2.34. The molecule has 0 spiro atoms. The fourth-order valence-corrected chi connectivity index (χ4v) is 3.24. The highest BCUT2D eigenvalue weighted by atomic mass is 16.5. The highest BCUT2D eigenvalue weighted by Gasteiger charge is 2.19. The molecular formula is C18H37NO. The van der Waals surface area contributed by atoms with E-state index in [1.807, 2.05) is 0 Å². The lowest BCUT2D eigenvalue weighted by Crippen LogP contribution is -2.43. The molecule has 1 fully saturated rings. The summed E-state index contributed by atoms with van der Waals surface area (Å²) in [5.74, 6) is 0. The lowest BCUT2D eigenvalue weighted by molar-refractivity contribution is 0.0118. The molecule has 0 bridgehead atoms. The van der Waals surface area contributed by atoms with Gasteiger partial charge in [0, 0.05) is 19.1 Å². The van der Waals surface area contributed by atoms with Crippen LogP contribution < -0.4 is 0 Å². The smallest absolute Gasteiger partial charge is 0.0594 e. The largest absolute Gasteiger partial charge is 0.379 e. The molecular weight excluding hydrogens is 246 g/mol. The summed E-state index contributed by atoms with van der Waals surface area (Å²) in [5, 5.41) is 0. The van der Waals surface area contributed by atoms with Crippen LogP contribution in [0.4, 0.5) is 0 Å². The van der Waals surface area contributed by atoms with Gasteiger partial charge >= 0.3 is 0 Å². The minimum Gasteiger partial charge on any atom is -0.379 e. The zero-order valence-electron chi connectivity index (χ0n) is 14.0. The molecule has 0 saturated carbocycles. The number of rotatable bonds is 12. The molecule has 1 saturated heterocycles. The quantitative estimate of drug-likeness (QED) is 0.466. The zero-order valence-corrected chi connectivity index (χ0v) is 14.0. The molecule has 0 aliphatic carbocycles. The molecule has 1 unspecified atom stereocenters. The van der Waals surface area contributed by atoms with Crippen LogP contribution in [0.25, 0.3) is 0 Å². The van der Waals surface area contributed by atoms with Gasteiger partial charge in [0.15, 0.2) is 0 Å². The van der Waals surface area contributed by atoms with Crippen LogP contribution in [0.3, 0.4) is 0 Å². The van der Waals surface area contributed by atoms with Crippen LogP contribution in [0.15, 0.2) is 0 Å². The van der Waals surface area contributed by atoms with Crippen molar-refractivity contribution in [1.82, 2.24) is 4.90 Å². The highest BCUT2D eigenvalue weighted by molar-refractivity contribution is 4.74. The first kappa shape index (κ1) is 18.0. The lowest BCUT2D eigenvalue weighted by atomic mass is 9.99. The Balaban J connectivity index is 2.22. The maximum absolute atomic E-state index is 5.51. The molecule has 1 heterocycles. The SMILES string of the molecule is CCCCCCCC(CCCCCC)N1CCOCC1. The van der Waals surface area contributed by atoms with Crippen LogP contribution in [-0.2, 0) is 4.74 Å². The van der Waals surface area contributed by atoms with Crippen molar-refractivity contribution < 1.29 is 4.74 Å². The monoisotopic (exact) mass is 283 g/mol. The Bertz CT molecular complexity index is 202. The van der Waals surface area contributed by atoms with Gasteiger partial charge in [-0.3, -0.25) is 4.90 Å². The summed E-state index contributed by atoms with van der Waals surface area (Å²) in [6.45, 7) is 8.81. The topological polar surface area (TPSA) is 12.5 Å². The van der Waals surface area contributed by atoms with Crippen LogP contribution in [0.5, 0.6) is 0 Å². The van der Waals surface area contributed by atoms with Crippen LogP contribution in [-0.4, -0.2) is 37.2 Å². The maximum atomic E-state index is 5.51. The predicted octanol–water partition coefficient (Wildman–Crippen LogP) is 5.02. The van der Waals surface area contributed by atoms with Crippen LogP contribution >= 0.6 is 0 Å². The van der Waals surface area contributed by atoms with Gasteiger partial charge in [-0.25, -0.2) is 0 Å². The summed E-state index contributed by atoms with van der Waals surface area (Å²) in [5.41, 5.74) is 0. The van der Waals surface area contributed by atoms with Crippen molar-refractivity contribution in [3.63, 3.8) is 0 Å². The molecule has 0 amide bonds. The second kappa shape index (κ2) is 12.6. The minimum absolute atomic E-state index is 0.831. The number of unbranched alkanes of at least 4 members (excludes halogenated alkanes) is 7. The van der Waals surface area contributed by atoms with E-state index >= 15 is 0 Å². The van der Waals surface area contributed by atoms with Crippen molar-refractivity contribution in [3.8, 4) is 0 Å². The van der Waals surface area contributed by atoms with Crippen molar-refractivity contribution in [2.45, 2.75) is 90.5 Å². The number of nitrogens with zero attached hydrogens (tertiary/aromatic N) is 1. The molecule has 20 heavy (non-hydrogen) atoms. The maximum Gasteiger partial charge on any atom is 0.0594 e. The third kappa shape index (κ3) is 8.26. The summed E-state index contributed by atoms with van der Waals surface area (Å²) in [6.07, 6.45) is 15.5. The van der Waals surface area contributed by atoms with Crippen molar-refractivity contribution in [2.75, 3.05) is 26.3 Å². The van der Waals surface area contributed by atoms with E-state index in [0.29, 0.717) is 0 Å².